The standard InChI is InChI=1S/C14H17ClN2O2S/c1-10-9-19-14(17-10)20-13-5-3-4-12(15)11(13)8-16-6-7-18-2/h3-5,9,16H,6-8H2,1-2H3. The molecule has 0 aliphatic heterocycles. The molecule has 0 spiro atoms. The van der Waals surface area contributed by atoms with Crippen LogP contribution in [-0.4, -0.2) is 25.2 Å². The largest absolute Gasteiger partial charge is 0.439 e. The van der Waals surface area contributed by atoms with Crippen molar-refractivity contribution in [3.8, 4) is 0 Å². The van der Waals surface area contributed by atoms with Crippen LogP contribution in [0.4, 0.5) is 0 Å². The van der Waals surface area contributed by atoms with E-state index in [0.29, 0.717) is 18.4 Å². The number of hydrogen-bond acceptors (Lipinski definition) is 5. The minimum absolute atomic E-state index is 0.628. The molecule has 0 amide bonds. The van der Waals surface area contributed by atoms with Gasteiger partial charge < -0.3 is 14.5 Å². The van der Waals surface area contributed by atoms with Crippen molar-refractivity contribution in [3.05, 3.63) is 40.7 Å². The van der Waals surface area contributed by atoms with Gasteiger partial charge >= 0.3 is 0 Å². The molecule has 0 saturated carbocycles. The second kappa shape index (κ2) is 7.69. The quantitative estimate of drug-likeness (QED) is 0.793. The van der Waals surface area contributed by atoms with Crippen LogP contribution in [-0.2, 0) is 11.3 Å². The number of hydrogen-bond donors (Lipinski definition) is 1. The highest BCUT2D eigenvalue weighted by molar-refractivity contribution is 7.99. The Morgan fingerprint density at radius 1 is 1.45 bits per heavy atom. The van der Waals surface area contributed by atoms with E-state index >= 15 is 0 Å². The summed E-state index contributed by atoms with van der Waals surface area (Å²) in [5.41, 5.74) is 1.92. The van der Waals surface area contributed by atoms with Crippen molar-refractivity contribution in [2.24, 2.45) is 0 Å². The van der Waals surface area contributed by atoms with Crippen LogP contribution >= 0.6 is 23.4 Å². The summed E-state index contributed by atoms with van der Waals surface area (Å²) in [6.07, 6.45) is 1.64. The number of benzene rings is 1. The number of methoxy groups -OCH3 is 1. The lowest BCUT2D eigenvalue weighted by Gasteiger charge is -2.10. The molecule has 0 bridgehead atoms. The van der Waals surface area contributed by atoms with E-state index in [9.17, 15) is 0 Å². The molecule has 20 heavy (non-hydrogen) atoms. The molecule has 1 aromatic heterocycles. The average molecular weight is 313 g/mol. The predicted molar refractivity (Wildman–Crippen MR) is 80.4 cm³/mol. The van der Waals surface area contributed by atoms with Crippen molar-refractivity contribution >= 4 is 23.4 Å². The zero-order chi connectivity index (χ0) is 14.4. The Bertz CT molecular complexity index is 560. The van der Waals surface area contributed by atoms with Crippen molar-refractivity contribution in [2.75, 3.05) is 20.3 Å². The zero-order valence-corrected chi connectivity index (χ0v) is 13.1. The predicted octanol–water partition coefficient (Wildman–Crippen LogP) is 3.52. The maximum atomic E-state index is 6.28. The summed E-state index contributed by atoms with van der Waals surface area (Å²) in [4.78, 5) is 5.34. The normalized spacial score (nSPS) is 10.9. The van der Waals surface area contributed by atoms with E-state index in [2.05, 4.69) is 10.3 Å². The van der Waals surface area contributed by atoms with Gasteiger partial charge in [0.15, 0.2) is 0 Å². The fourth-order valence-corrected chi connectivity index (χ4v) is 2.89. The molecule has 0 aliphatic rings. The van der Waals surface area contributed by atoms with Crippen LogP contribution in [0.1, 0.15) is 11.3 Å². The van der Waals surface area contributed by atoms with E-state index in [-0.39, 0.29) is 0 Å². The molecule has 1 aromatic carbocycles. The highest BCUT2D eigenvalue weighted by Gasteiger charge is 2.11. The van der Waals surface area contributed by atoms with Gasteiger partial charge in [0.2, 0.25) is 0 Å². The van der Waals surface area contributed by atoms with Gasteiger partial charge in [0, 0.05) is 30.1 Å². The summed E-state index contributed by atoms with van der Waals surface area (Å²) in [7, 11) is 1.68. The van der Waals surface area contributed by atoms with Gasteiger partial charge in [0.1, 0.15) is 6.26 Å². The van der Waals surface area contributed by atoms with Gasteiger partial charge in [0.05, 0.1) is 12.3 Å². The fraction of sp³-hybridized carbons (Fsp3) is 0.357. The smallest absolute Gasteiger partial charge is 0.260 e. The minimum Gasteiger partial charge on any atom is -0.439 e. The van der Waals surface area contributed by atoms with E-state index in [1.165, 1.54) is 11.8 Å². The molecule has 0 atom stereocenters. The number of nitrogens with zero attached hydrogens (tertiary/aromatic N) is 1. The van der Waals surface area contributed by atoms with Gasteiger partial charge in [-0.05, 0) is 36.4 Å². The number of rotatable bonds is 7. The molecule has 2 aromatic rings. The van der Waals surface area contributed by atoms with Gasteiger partial charge in [-0.25, -0.2) is 4.98 Å². The molecule has 0 fully saturated rings. The monoisotopic (exact) mass is 312 g/mol. The van der Waals surface area contributed by atoms with Gasteiger partial charge in [-0.1, -0.05) is 17.7 Å². The van der Waals surface area contributed by atoms with Crippen LogP contribution in [0.15, 0.2) is 39.0 Å². The maximum Gasteiger partial charge on any atom is 0.260 e. The number of aryl methyl sites for hydroxylation is 1. The van der Waals surface area contributed by atoms with Crippen molar-refractivity contribution < 1.29 is 9.15 Å². The number of ether oxygens (including phenoxy) is 1. The lowest BCUT2D eigenvalue weighted by molar-refractivity contribution is 0.199. The number of aromatic nitrogens is 1. The number of oxazole rings is 1. The summed E-state index contributed by atoms with van der Waals surface area (Å²) < 4.78 is 10.4. The first-order valence-corrected chi connectivity index (χ1v) is 7.47. The Labute approximate surface area is 127 Å². The maximum absolute atomic E-state index is 6.28. The van der Waals surface area contributed by atoms with Crippen LogP contribution in [0.3, 0.4) is 0 Å². The molecule has 1 heterocycles. The third-order valence-corrected chi connectivity index (χ3v) is 3.97. The first kappa shape index (κ1) is 15.4. The van der Waals surface area contributed by atoms with Gasteiger partial charge in [-0.2, -0.15) is 0 Å². The molecule has 0 unspecified atom stereocenters. The van der Waals surface area contributed by atoms with Crippen molar-refractivity contribution in [3.63, 3.8) is 0 Å². The van der Waals surface area contributed by atoms with Crippen LogP contribution in [0.2, 0.25) is 5.02 Å². The van der Waals surface area contributed by atoms with Crippen molar-refractivity contribution in [1.29, 1.82) is 0 Å². The third-order valence-electron chi connectivity index (χ3n) is 2.66. The van der Waals surface area contributed by atoms with E-state index < -0.39 is 0 Å². The Kier molecular flexibility index (Phi) is 5.91. The first-order valence-electron chi connectivity index (χ1n) is 6.27. The highest BCUT2D eigenvalue weighted by atomic mass is 35.5. The molecule has 0 aliphatic carbocycles. The Hall–Kier alpha value is -1.01. The second-order valence-corrected chi connectivity index (χ2v) is 5.64. The zero-order valence-electron chi connectivity index (χ0n) is 11.5. The molecule has 0 saturated heterocycles. The SMILES string of the molecule is COCCNCc1c(Cl)cccc1Sc1nc(C)co1. The van der Waals surface area contributed by atoms with E-state index in [1.54, 1.807) is 13.4 Å². The molecule has 108 valence electrons. The summed E-state index contributed by atoms with van der Waals surface area (Å²) >= 11 is 7.76. The molecule has 0 radical (unpaired) electrons. The average Bonchev–Trinajstić information content (AvgIpc) is 2.83. The van der Waals surface area contributed by atoms with Crippen LogP contribution < -0.4 is 5.32 Å². The van der Waals surface area contributed by atoms with Crippen LogP contribution in [0, 0.1) is 6.92 Å². The Balaban J connectivity index is 2.09. The lowest BCUT2D eigenvalue weighted by Crippen LogP contribution is -2.19. The Morgan fingerprint density at radius 3 is 3.00 bits per heavy atom. The van der Waals surface area contributed by atoms with Crippen molar-refractivity contribution in [1.82, 2.24) is 10.3 Å². The molecule has 4 nitrogen and oxygen atoms in total. The molecule has 6 heteroatoms. The van der Waals surface area contributed by atoms with Gasteiger partial charge in [-0.3, -0.25) is 0 Å². The van der Waals surface area contributed by atoms with Crippen LogP contribution in [0.25, 0.3) is 0 Å². The number of halogens is 1. The van der Waals surface area contributed by atoms with E-state index in [4.69, 9.17) is 20.8 Å². The summed E-state index contributed by atoms with van der Waals surface area (Å²) in [6.45, 7) is 4.04. The van der Waals surface area contributed by atoms with Crippen molar-refractivity contribution in [2.45, 2.75) is 23.6 Å². The molecular formula is C14H17ClN2O2S. The van der Waals surface area contributed by atoms with E-state index in [1.807, 2.05) is 25.1 Å². The fourth-order valence-electron chi connectivity index (χ4n) is 1.67. The summed E-state index contributed by atoms with van der Waals surface area (Å²) in [5, 5.41) is 4.67. The molecule has 2 rings (SSSR count). The van der Waals surface area contributed by atoms with Gasteiger partial charge in [0.25, 0.3) is 5.22 Å². The summed E-state index contributed by atoms with van der Waals surface area (Å²) in [6, 6.07) is 5.84. The third kappa shape index (κ3) is 4.24. The van der Waals surface area contributed by atoms with Crippen LogP contribution in [0.5, 0.6) is 0 Å². The lowest BCUT2D eigenvalue weighted by atomic mass is 10.2. The Morgan fingerprint density at radius 2 is 2.30 bits per heavy atom. The topological polar surface area (TPSA) is 47.3 Å². The first-order chi connectivity index (χ1) is 9.70. The molecule has 1 N–H and O–H groups in total. The minimum atomic E-state index is 0.628. The highest BCUT2D eigenvalue weighted by Crippen LogP contribution is 2.33. The molecular weight excluding hydrogens is 296 g/mol. The van der Waals surface area contributed by atoms with Gasteiger partial charge in [-0.15, -0.1) is 0 Å². The van der Waals surface area contributed by atoms with E-state index in [0.717, 1.165) is 27.7 Å². The number of nitrogens with one attached hydrogen (secondary N) is 1. The second-order valence-electron chi connectivity index (χ2n) is 4.24. The summed E-state index contributed by atoms with van der Waals surface area (Å²) in [5.74, 6) is 0.